The summed E-state index contributed by atoms with van der Waals surface area (Å²) in [4.78, 5) is 9.84. The molecule has 6 heteroatoms. The number of ether oxygens (including phenoxy) is 1. The Bertz CT molecular complexity index is 244. The second kappa shape index (κ2) is 2.78. The summed E-state index contributed by atoms with van der Waals surface area (Å²) in [6.45, 7) is 1.77. The van der Waals surface area contributed by atoms with Crippen LogP contribution in [-0.4, -0.2) is 32.9 Å². The number of carbonyl (C=O) groups is 1. The zero-order valence-electron chi connectivity index (χ0n) is 5.89. The van der Waals surface area contributed by atoms with Crippen molar-refractivity contribution in [2.75, 3.05) is 5.75 Å². The smallest absolute Gasteiger partial charge is 0.293 e. The van der Waals surface area contributed by atoms with Gasteiger partial charge in [-0.3, -0.25) is 8.98 Å². The van der Waals surface area contributed by atoms with Crippen molar-refractivity contribution in [1.82, 2.24) is 0 Å². The summed E-state index contributed by atoms with van der Waals surface area (Å²) in [6.07, 6.45) is -1.22. The van der Waals surface area contributed by atoms with Gasteiger partial charge in [0, 0.05) is 0 Å². The van der Waals surface area contributed by atoms with E-state index < -0.39 is 22.3 Å². The Hall–Kier alpha value is -0.620. The fourth-order valence-electron chi connectivity index (χ4n) is 0.890. The Labute approximate surface area is 64.4 Å². The molecule has 1 saturated heterocycles. The third-order valence-electron chi connectivity index (χ3n) is 1.42. The van der Waals surface area contributed by atoms with Gasteiger partial charge in [0.2, 0.25) is 0 Å². The first-order valence-corrected chi connectivity index (χ1v) is 4.63. The molecule has 0 N–H and O–H groups in total. The van der Waals surface area contributed by atoms with E-state index in [1.165, 1.54) is 0 Å². The zero-order valence-corrected chi connectivity index (χ0v) is 6.71. The molecule has 0 aromatic heterocycles. The normalized spacial score (nSPS) is 35.0. The van der Waals surface area contributed by atoms with Gasteiger partial charge in [-0.1, -0.05) is 0 Å². The van der Waals surface area contributed by atoms with E-state index in [2.05, 4.69) is 8.92 Å². The van der Waals surface area contributed by atoms with Crippen LogP contribution < -0.4 is 0 Å². The number of hydrogen-bond donors (Lipinski definition) is 0. The van der Waals surface area contributed by atoms with Gasteiger partial charge in [0.15, 0.2) is 0 Å². The molecule has 0 bridgehead atoms. The summed E-state index contributed by atoms with van der Waals surface area (Å²) in [7, 11) is -3.45. The highest BCUT2D eigenvalue weighted by Crippen LogP contribution is 2.18. The molecule has 2 atom stereocenters. The number of rotatable bonds is 2. The fourth-order valence-corrected chi connectivity index (χ4v) is 2.31. The van der Waals surface area contributed by atoms with Crippen LogP contribution in [0.4, 0.5) is 0 Å². The molecule has 1 heterocycles. The van der Waals surface area contributed by atoms with Gasteiger partial charge >= 0.3 is 0 Å². The molecule has 2 unspecified atom stereocenters. The molecule has 5 nitrogen and oxygen atoms in total. The predicted octanol–water partition coefficient (Wildman–Crippen LogP) is -0.724. The third kappa shape index (κ3) is 1.90. The molecule has 1 fully saturated rings. The molecule has 64 valence electrons. The molecular formula is C5H8O5S. The van der Waals surface area contributed by atoms with Crippen LogP contribution in [0.25, 0.3) is 0 Å². The highest BCUT2D eigenvalue weighted by Gasteiger charge is 2.37. The van der Waals surface area contributed by atoms with Crippen molar-refractivity contribution in [3.63, 3.8) is 0 Å². The molecule has 1 aliphatic rings. The predicted molar refractivity (Wildman–Crippen MR) is 35.3 cm³/mol. The first kappa shape index (κ1) is 8.48. The van der Waals surface area contributed by atoms with E-state index in [9.17, 15) is 13.2 Å². The SMILES string of the molecule is CC1OS(=O)(=O)CC1OC=O. The lowest BCUT2D eigenvalue weighted by Gasteiger charge is -2.07. The molecule has 0 aromatic carbocycles. The van der Waals surface area contributed by atoms with E-state index in [0.717, 1.165) is 0 Å². The van der Waals surface area contributed by atoms with Crippen LogP contribution in [0.3, 0.4) is 0 Å². The lowest BCUT2D eigenvalue weighted by Crippen LogP contribution is -2.23. The molecule has 0 aromatic rings. The van der Waals surface area contributed by atoms with Crippen molar-refractivity contribution < 1.29 is 22.1 Å². The van der Waals surface area contributed by atoms with E-state index in [4.69, 9.17) is 0 Å². The summed E-state index contributed by atoms with van der Waals surface area (Å²) in [6, 6.07) is 0. The summed E-state index contributed by atoms with van der Waals surface area (Å²) in [5.74, 6) is -0.243. The molecule has 11 heavy (non-hydrogen) atoms. The minimum Gasteiger partial charge on any atom is -0.461 e. The van der Waals surface area contributed by atoms with E-state index in [1.54, 1.807) is 6.92 Å². The second-order valence-corrected chi connectivity index (χ2v) is 3.94. The van der Waals surface area contributed by atoms with Crippen LogP contribution in [0.2, 0.25) is 0 Å². The molecule has 0 radical (unpaired) electrons. The van der Waals surface area contributed by atoms with Gasteiger partial charge in [-0.2, -0.15) is 8.42 Å². The summed E-state index contributed by atoms with van der Waals surface area (Å²) in [5.41, 5.74) is 0. The summed E-state index contributed by atoms with van der Waals surface area (Å²) in [5, 5.41) is 0. The summed E-state index contributed by atoms with van der Waals surface area (Å²) < 4.78 is 30.4. The van der Waals surface area contributed by atoms with Crippen molar-refractivity contribution in [2.24, 2.45) is 0 Å². The molecule has 0 amide bonds. The van der Waals surface area contributed by atoms with Crippen LogP contribution in [0.5, 0.6) is 0 Å². The molecule has 0 saturated carbocycles. The van der Waals surface area contributed by atoms with E-state index in [0.29, 0.717) is 0 Å². The van der Waals surface area contributed by atoms with Gasteiger partial charge in [-0.05, 0) is 6.92 Å². The van der Waals surface area contributed by atoms with Gasteiger partial charge in [-0.15, -0.1) is 0 Å². The quantitative estimate of drug-likeness (QED) is 0.414. The molecular weight excluding hydrogens is 172 g/mol. The maximum atomic E-state index is 10.7. The van der Waals surface area contributed by atoms with Crippen LogP contribution >= 0.6 is 0 Å². The Balaban J connectivity index is 2.66. The minimum atomic E-state index is -3.45. The Kier molecular flexibility index (Phi) is 2.15. The van der Waals surface area contributed by atoms with Crippen LogP contribution in [-0.2, 0) is 23.8 Å². The number of hydrogen-bond acceptors (Lipinski definition) is 5. The van der Waals surface area contributed by atoms with Gasteiger partial charge < -0.3 is 4.74 Å². The van der Waals surface area contributed by atoms with Crippen LogP contribution in [0.1, 0.15) is 6.92 Å². The molecule has 1 rings (SSSR count). The first-order chi connectivity index (χ1) is 5.05. The molecule has 0 aliphatic carbocycles. The van der Waals surface area contributed by atoms with Gasteiger partial charge in [-0.25, -0.2) is 0 Å². The average molecular weight is 180 g/mol. The van der Waals surface area contributed by atoms with E-state index >= 15 is 0 Å². The Morgan fingerprint density at radius 3 is 2.64 bits per heavy atom. The van der Waals surface area contributed by atoms with Crippen molar-refractivity contribution >= 4 is 16.6 Å². The average Bonchev–Trinajstić information content (AvgIpc) is 2.07. The fraction of sp³-hybridized carbons (Fsp3) is 0.800. The van der Waals surface area contributed by atoms with Gasteiger partial charge in [0.05, 0.1) is 0 Å². The minimum absolute atomic E-state index is 0.228. The van der Waals surface area contributed by atoms with E-state index in [-0.39, 0.29) is 12.2 Å². The van der Waals surface area contributed by atoms with Crippen LogP contribution in [0, 0.1) is 0 Å². The second-order valence-electron chi connectivity index (χ2n) is 2.30. The van der Waals surface area contributed by atoms with E-state index in [1.807, 2.05) is 0 Å². The van der Waals surface area contributed by atoms with Crippen molar-refractivity contribution in [3.05, 3.63) is 0 Å². The highest BCUT2D eigenvalue weighted by atomic mass is 32.2. The van der Waals surface area contributed by atoms with Crippen LogP contribution in [0.15, 0.2) is 0 Å². The Morgan fingerprint density at radius 2 is 2.27 bits per heavy atom. The lowest BCUT2D eigenvalue weighted by molar-refractivity contribution is -0.134. The standard InChI is InChI=1S/C5H8O5S/c1-4-5(9-3-6)2-11(7,8)10-4/h3-5H,2H2,1H3. The highest BCUT2D eigenvalue weighted by molar-refractivity contribution is 7.87. The largest absolute Gasteiger partial charge is 0.461 e. The lowest BCUT2D eigenvalue weighted by atomic mass is 10.3. The topological polar surface area (TPSA) is 69.7 Å². The molecule has 1 aliphatic heterocycles. The zero-order chi connectivity index (χ0) is 8.48. The van der Waals surface area contributed by atoms with Gasteiger partial charge in [0.1, 0.15) is 18.0 Å². The van der Waals surface area contributed by atoms with Crippen molar-refractivity contribution in [3.8, 4) is 0 Å². The monoisotopic (exact) mass is 180 g/mol. The third-order valence-corrected chi connectivity index (χ3v) is 2.75. The summed E-state index contributed by atoms with van der Waals surface area (Å²) >= 11 is 0. The van der Waals surface area contributed by atoms with Gasteiger partial charge in [0.25, 0.3) is 16.6 Å². The Morgan fingerprint density at radius 1 is 1.64 bits per heavy atom. The first-order valence-electron chi connectivity index (χ1n) is 3.05. The van der Waals surface area contributed by atoms with Crippen molar-refractivity contribution in [2.45, 2.75) is 19.1 Å². The maximum Gasteiger partial charge on any atom is 0.293 e. The number of carbonyl (C=O) groups excluding carboxylic acids is 1. The molecule has 0 spiro atoms. The maximum absolute atomic E-state index is 10.7. The van der Waals surface area contributed by atoms with Crippen molar-refractivity contribution in [1.29, 1.82) is 0 Å².